The van der Waals surface area contributed by atoms with E-state index in [9.17, 15) is 4.79 Å². The maximum Gasteiger partial charge on any atom is 0.181 e. The highest BCUT2D eigenvalue weighted by Crippen LogP contribution is 2.30. The average molecular weight is 201 g/mol. The maximum atomic E-state index is 11.4. The highest BCUT2D eigenvalue weighted by atomic mass is 35.5. The standard InChI is InChI=1S/C9H6Cl2O/c10-7-3-1-2-5-6(7)4-8(11)9(5)12/h1-3,8H,4H2. The van der Waals surface area contributed by atoms with Gasteiger partial charge in [0.25, 0.3) is 0 Å². The van der Waals surface area contributed by atoms with Crippen molar-refractivity contribution in [3.63, 3.8) is 0 Å². The van der Waals surface area contributed by atoms with Gasteiger partial charge in [0.05, 0.1) is 0 Å². The Morgan fingerprint density at radius 2 is 2.17 bits per heavy atom. The summed E-state index contributed by atoms with van der Waals surface area (Å²) in [6, 6.07) is 5.32. The largest absolute Gasteiger partial charge is 0.292 e. The second-order valence-corrected chi connectivity index (χ2v) is 3.74. The molecule has 0 spiro atoms. The predicted molar refractivity (Wildman–Crippen MR) is 49.1 cm³/mol. The quantitative estimate of drug-likeness (QED) is 0.589. The van der Waals surface area contributed by atoms with Gasteiger partial charge in [0, 0.05) is 10.6 Å². The normalized spacial score (nSPS) is 21.2. The Morgan fingerprint density at radius 1 is 1.42 bits per heavy atom. The van der Waals surface area contributed by atoms with Gasteiger partial charge in [-0.1, -0.05) is 23.7 Å². The van der Waals surface area contributed by atoms with Crippen LogP contribution in [0, 0.1) is 0 Å². The summed E-state index contributed by atoms with van der Waals surface area (Å²) in [4.78, 5) is 11.4. The third-order valence-electron chi connectivity index (χ3n) is 2.05. The first-order valence-corrected chi connectivity index (χ1v) is 4.47. The first kappa shape index (κ1) is 8.09. The monoisotopic (exact) mass is 200 g/mol. The van der Waals surface area contributed by atoms with Gasteiger partial charge in [-0.05, 0) is 18.1 Å². The van der Waals surface area contributed by atoms with Crippen molar-refractivity contribution >= 4 is 29.0 Å². The van der Waals surface area contributed by atoms with Gasteiger partial charge in [-0.15, -0.1) is 11.6 Å². The predicted octanol–water partition coefficient (Wildman–Crippen LogP) is 2.69. The smallest absolute Gasteiger partial charge is 0.181 e. The minimum atomic E-state index is -0.417. The SMILES string of the molecule is O=C1c2cccc(Cl)c2CC1Cl. The van der Waals surface area contributed by atoms with Gasteiger partial charge in [-0.3, -0.25) is 4.79 Å². The van der Waals surface area contributed by atoms with Gasteiger partial charge in [0.15, 0.2) is 5.78 Å². The van der Waals surface area contributed by atoms with E-state index < -0.39 is 5.38 Å². The summed E-state index contributed by atoms with van der Waals surface area (Å²) >= 11 is 11.7. The van der Waals surface area contributed by atoms with Crippen LogP contribution < -0.4 is 0 Å². The Labute approximate surface area is 80.3 Å². The summed E-state index contributed by atoms with van der Waals surface area (Å²) in [6.45, 7) is 0. The number of carbonyl (C=O) groups excluding carboxylic acids is 1. The molecule has 1 nitrogen and oxygen atoms in total. The molecular formula is C9H6Cl2O. The molecule has 0 heterocycles. The second kappa shape index (κ2) is 2.75. The molecule has 1 aromatic carbocycles. The van der Waals surface area contributed by atoms with Crippen molar-refractivity contribution in [1.29, 1.82) is 0 Å². The third kappa shape index (κ3) is 1.05. The molecular weight excluding hydrogens is 195 g/mol. The lowest BCUT2D eigenvalue weighted by molar-refractivity contribution is 0.0998. The lowest BCUT2D eigenvalue weighted by atomic mass is 10.1. The summed E-state index contributed by atoms with van der Waals surface area (Å²) in [5.41, 5.74) is 1.58. The Kier molecular flexibility index (Phi) is 1.85. The zero-order valence-electron chi connectivity index (χ0n) is 6.18. The molecule has 62 valence electrons. The van der Waals surface area contributed by atoms with Crippen molar-refractivity contribution in [1.82, 2.24) is 0 Å². The van der Waals surface area contributed by atoms with Gasteiger partial charge in [-0.25, -0.2) is 0 Å². The van der Waals surface area contributed by atoms with Crippen LogP contribution in [-0.4, -0.2) is 11.2 Å². The van der Waals surface area contributed by atoms with Crippen molar-refractivity contribution in [3.05, 3.63) is 34.3 Å². The van der Waals surface area contributed by atoms with Crippen LogP contribution >= 0.6 is 23.2 Å². The van der Waals surface area contributed by atoms with Gasteiger partial charge < -0.3 is 0 Å². The fourth-order valence-electron chi connectivity index (χ4n) is 1.44. The fraction of sp³-hybridized carbons (Fsp3) is 0.222. The number of carbonyl (C=O) groups is 1. The first-order valence-electron chi connectivity index (χ1n) is 3.66. The Bertz CT molecular complexity index is 346. The molecule has 1 aliphatic carbocycles. The minimum Gasteiger partial charge on any atom is -0.292 e. The van der Waals surface area contributed by atoms with Gasteiger partial charge >= 0.3 is 0 Å². The molecule has 0 N–H and O–H groups in total. The van der Waals surface area contributed by atoms with E-state index in [0.29, 0.717) is 17.0 Å². The molecule has 0 radical (unpaired) electrons. The number of hydrogen-bond donors (Lipinski definition) is 0. The van der Waals surface area contributed by atoms with Crippen LogP contribution in [0.25, 0.3) is 0 Å². The van der Waals surface area contributed by atoms with Gasteiger partial charge in [-0.2, -0.15) is 0 Å². The van der Waals surface area contributed by atoms with E-state index >= 15 is 0 Å². The second-order valence-electron chi connectivity index (χ2n) is 2.80. The van der Waals surface area contributed by atoms with E-state index in [2.05, 4.69) is 0 Å². The average Bonchev–Trinajstić information content (AvgIpc) is 2.32. The molecule has 0 fully saturated rings. The number of rotatable bonds is 0. The van der Waals surface area contributed by atoms with E-state index in [1.807, 2.05) is 0 Å². The number of fused-ring (bicyclic) bond motifs is 1. The molecule has 0 saturated heterocycles. The van der Waals surface area contributed by atoms with Crippen LogP contribution in [0.5, 0.6) is 0 Å². The fourth-order valence-corrected chi connectivity index (χ4v) is 1.96. The Hall–Kier alpha value is -0.530. The molecule has 0 amide bonds. The van der Waals surface area contributed by atoms with Crippen molar-refractivity contribution in [3.8, 4) is 0 Å². The summed E-state index contributed by atoms with van der Waals surface area (Å²) in [5, 5.41) is 0.226. The summed E-state index contributed by atoms with van der Waals surface area (Å²) in [5.74, 6) is -0.00540. The summed E-state index contributed by atoms with van der Waals surface area (Å²) in [6.07, 6.45) is 0.565. The van der Waals surface area contributed by atoms with E-state index in [1.165, 1.54) is 0 Å². The third-order valence-corrected chi connectivity index (χ3v) is 2.76. The van der Waals surface area contributed by atoms with Gasteiger partial charge in [0.1, 0.15) is 5.38 Å². The van der Waals surface area contributed by atoms with Gasteiger partial charge in [0.2, 0.25) is 0 Å². The number of benzene rings is 1. The number of hydrogen-bond acceptors (Lipinski definition) is 1. The van der Waals surface area contributed by atoms with E-state index in [-0.39, 0.29) is 5.78 Å². The zero-order chi connectivity index (χ0) is 8.72. The Balaban J connectivity index is 2.61. The highest BCUT2D eigenvalue weighted by molar-refractivity contribution is 6.37. The topological polar surface area (TPSA) is 17.1 Å². The van der Waals surface area contributed by atoms with Crippen LogP contribution in [-0.2, 0) is 6.42 Å². The van der Waals surface area contributed by atoms with Crippen molar-refractivity contribution in [2.75, 3.05) is 0 Å². The van der Waals surface area contributed by atoms with Crippen LogP contribution in [0.1, 0.15) is 15.9 Å². The molecule has 12 heavy (non-hydrogen) atoms. The molecule has 0 bridgehead atoms. The maximum absolute atomic E-state index is 11.4. The molecule has 1 unspecified atom stereocenters. The van der Waals surface area contributed by atoms with E-state index in [0.717, 1.165) is 5.56 Å². The zero-order valence-corrected chi connectivity index (χ0v) is 7.69. The van der Waals surface area contributed by atoms with Crippen molar-refractivity contribution in [2.24, 2.45) is 0 Å². The number of Topliss-reactive ketones (excluding diaryl/α,β-unsaturated/α-hetero) is 1. The summed E-state index contributed by atoms with van der Waals surface area (Å²) < 4.78 is 0. The summed E-state index contributed by atoms with van der Waals surface area (Å²) in [7, 11) is 0. The van der Waals surface area contributed by atoms with Crippen LogP contribution in [0.2, 0.25) is 5.02 Å². The molecule has 1 aliphatic rings. The molecule has 0 saturated carbocycles. The van der Waals surface area contributed by atoms with Crippen molar-refractivity contribution < 1.29 is 4.79 Å². The van der Waals surface area contributed by atoms with Crippen LogP contribution in [0.4, 0.5) is 0 Å². The molecule has 0 aliphatic heterocycles. The van der Waals surface area contributed by atoms with Crippen molar-refractivity contribution in [2.45, 2.75) is 11.8 Å². The van der Waals surface area contributed by atoms with Crippen LogP contribution in [0.15, 0.2) is 18.2 Å². The van der Waals surface area contributed by atoms with E-state index in [1.54, 1.807) is 18.2 Å². The molecule has 1 atom stereocenters. The molecule has 3 heteroatoms. The molecule has 0 aromatic heterocycles. The molecule has 2 rings (SSSR count). The minimum absolute atomic E-state index is 0.00540. The Morgan fingerprint density at radius 3 is 2.83 bits per heavy atom. The number of halogens is 2. The lowest BCUT2D eigenvalue weighted by Gasteiger charge is -1.97. The van der Waals surface area contributed by atoms with E-state index in [4.69, 9.17) is 23.2 Å². The highest BCUT2D eigenvalue weighted by Gasteiger charge is 2.29. The lowest BCUT2D eigenvalue weighted by Crippen LogP contribution is -2.06. The van der Waals surface area contributed by atoms with Crippen LogP contribution in [0.3, 0.4) is 0 Å². The number of alkyl halides is 1. The first-order chi connectivity index (χ1) is 5.70. The number of ketones is 1. The molecule has 1 aromatic rings.